The third kappa shape index (κ3) is 1.68. The molecule has 2 aromatic rings. The van der Waals surface area contributed by atoms with Gasteiger partial charge in [-0.15, -0.1) is 11.6 Å². The first kappa shape index (κ1) is 9.69. The van der Waals surface area contributed by atoms with Gasteiger partial charge >= 0.3 is 0 Å². The average molecular weight is 230 g/mol. The molecular formula is C10H9Cl2NO. The van der Waals surface area contributed by atoms with E-state index in [4.69, 9.17) is 27.8 Å². The zero-order valence-electron chi connectivity index (χ0n) is 7.39. The van der Waals surface area contributed by atoms with Crippen molar-refractivity contribution >= 4 is 34.4 Å². The van der Waals surface area contributed by atoms with E-state index in [1.165, 1.54) is 0 Å². The average Bonchev–Trinajstić information content (AvgIpc) is 2.64. The predicted octanol–water partition coefficient (Wildman–Crippen LogP) is 3.48. The van der Waals surface area contributed by atoms with Crippen LogP contribution in [0.3, 0.4) is 0 Å². The monoisotopic (exact) mass is 229 g/mol. The van der Waals surface area contributed by atoms with E-state index < -0.39 is 0 Å². The van der Waals surface area contributed by atoms with Crippen molar-refractivity contribution in [2.24, 2.45) is 0 Å². The van der Waals surface area contributed by atoms with Gasteiger partial charge in [-0.25, -0.2) is 0 Å². The van der Waals surface area contributed by atoms with Gasteiger partial charge in [-0.2, -0.15) is 0 Å². The molecule has 0 radical (unpaired) electrons. The molecule has 0 aliphatic rings. The van der Waals surface area contributed by atoms with E-state index in [9.17, 15) is 0 Å². The molecule has 2 rings (SSSR count). The Hall–Kier alpha value is -0.860. The molecule has 0 aliphatic heterocycles. The van der Waals surface area contributed by atoms with Gasteiger partial charge < -0.3 is 9.27 Å². The number of nitrogens with one attached hydrogen (secondary N) is 1. The highest BCUT2D eigenvalue weighted by molar-refractivity contribution is 6.18. The van der Waals surface area contributed by atoms with Gasteiger partial charge in [-0.1, -0.05) is 0 Å². The fourth-order valence-electron chi connectivity index (χ4n) is 1.50. The molecule has 0 saturated carbocycles. The molecule has 4 heteroatoms. The van der Waals surface area contributed by atoms with Crippen molar-refractivity contribution in [1.82, 2.24) is 4.98 Å². The number of alkyl halides is 1. The summed E-state index contributed by atoms with van der Waals surface area (Å²) in [7, 11) is 0. The highest BCUT2D eigenvalue weighted by atomic mass is 35.5. The van der Waals surface area contributed by atoms with Crippen molar-refractivity contribution < 1.29 is 4.29 Å². The maximum Gasteiger partial charge on any atom is 0.151 e. The van der Waals surface area contributed by atoms with E-state index in [-0.39, 0.29) is 0 Å². The summed E-state index contributed by atoms with van der Waals surface area (Å²) in [5.74, 6) is 1.23. The third-order valence-corrected chi connectivity index (χ3v) is 2.54. The van der Waals surface area contributed by atoms with Crippen LogP contribution in [-0.2, 0) is 6.42 Å². The van der Waals surface area contributed by atoms with Gasteiger partial charge in [-0.3, -0.25) is 0 Å². The number of aromatic nitrogens is 1. The van der Waals surface area contributed by atoms with Gasteiger partial charge in [0.15, 0.2) is 5.75 Å². The summed E-state index contributed by atoms with van der Waals surface area (Å²) >= 11 is 11.1. The molecule has 2 nitrogen and oxygen atoms in total. The van der Waals surface area contributed by atoms with Crippen LogP contribution in [0.1, 0.15) is 5.56 Å². The Balaban J connectivity index is 2.54. The van der Waals surface area contributed by atoms with E-state index in [0.29, 0.717) is 11.6 Å². The van der Waals surface area contributed by atoms with Gasteiger partial charge in [0.25, 0.3) is 0 Å². The van der Waals surface area contributed by atoms with Gasteiger partial charge in [0.1, 0.15) is 11.9 Å². The number of rotatable bonds is 3. The second-order valence-corrected chi connectivity index (χ2v) is 3.57. The van der Waals surface area contributed by atoms with Crippen molar-refractivity contribution in [2.45, 2.75) is 6.42 Å². The van der Waals surface area contributed by atoms with Crippen molar-refractivity contribution in [1.29, 1.82) is 0 Å². The van der Waals surface area contributed by atoms with Crippen molar-refractivity contribution in [3.05, 3.63) is 30.0 Å². The highest BCUT2D eigenvalue weighted by Crippen LogP contribution is 2.26. The first-order valence-corrected chi connectivity index (χ1v) is 5.14. The molecule has 0 saturated heterocycles. The summed E-state index contributed by atoms with van der Waals surface area (Å²) in [5, 5.41) is 1.14. The van der Waals surface area contributed by atoms with E-state index in [1.54, 1.807) is 0 Å². The lowest BCUT2D eigenvalue weighted by Gasteiger charge is -2.04. The van der Waals surface area contributed by atoms with Crippen molar-refractivity contribution in [3.63, 3.8) is 0 Å². The lowest BCUT2D eigenvalue weighted by molar-refractivity contribution is 0.611. The van der Waals surface area contributed by atoms with E-state index in [2.05, 4.69) is 4.98 Å². The van der Waals surface area contributed by atoms with E-state index >= 15 is 0 Å². The summed E-state index contributed by atoms with van der Waals surface area (Å²) in [6, 6.07) is 5.92. The molecule has 0 spiro atoms. The number of benzene rings is 1. The maximum absolute atomic E-state index is 5.68. The molecule has 14 heavy (non-hydrogen) atoms. The number of aryl methyl sites for hydroxylation is 1. The number of aromatic amines is 1. The molecule has 0 aliphatic carbocycles. The number of halogens is 2. The van der Waals surface area contributed by atoms with E-state index in [1.807, 2.05) is 24.4 Å². The molecule has 0 atom stereocenters. The Morgan fingerprint density at radius 1 is 1.36 bits per heavy atom. The quantitative estimate of drug-likeness (QED) is 0.802. The topological polar surface area (TPSA) is 25.0 Å². The van der Waals surface area contributed by atoms with Crippen LogP contribution in [-0.4, -0.2) is 10.9 Å². The Bertz CT molecular complexity index is 439. The Morgan fingerprint density at radius 3 is 2.93 bits per heavy atom. The second-order valence-electron chi connectivity index (χ2n) is 3.04. The Kier molecular flexibility index (Phi) is 2.85. The molecule has 0 bridgehead atoms. The summed E-state index contributed by atoms with van der Waals surface area (Å²) in [5.41, 5.74) is 2.04. The summed E-state index contributed by atoms with van der Waals surface area (Å²) in [6.45, 7) is 0. The zero-order chi connectivity index (χ0) is 9.97. The smallest absolute Gasteiger partial charge is 0.151 e. The largest absolute Gasteiger partial charge is 0.385 e. The second kappa shape index (κ2) is 4.11. The van der Waals surface area contributed by atoms with Crippen LogP contribution >= 0.6 is 23.5 Å². The molecule has 1 heterocycles. The molecule has 0 unspecified atom stereocenters. The van der Waals surface area contributed by atoms with Gasteiger partial charge in [0, 0.05) is 23.7 Å². The fraction of sp³-hybridized carbons (Fsp3) is 0.200. The van der Waals surface area contributed by atoms with Gasteiger partial charge in [0.05, 0.1) is 0 Å². The summed E-state index contributed by atoms with van der Waals surface area (Å²) in [4.78, 5) is 3.09. The molecule has 0 fully saturated rings. The van der Waals surface area contributed by atoms with Crippen LogP contribution in [0.15, 0.2) is 24.4 Å². The number of hydrogen-bond acceptors (Lipinski definition) is 1. The molecule has 0 amide bonds. The fourth-order valence-corrected chi connectivity index (χ4v) is 1.84. The molecule has 1 aromatic carbocycles. The summed E-state index contributed by atoms with van der Waals surface area (Å²) < 4.78 is 4.77. The van der Waals surface area contributed by atoms with Gasteiger partial charge in [-0.05, 0) is 29.5 Å². The molecule has 1 N–H and O–H groups in total. The highest BCUT2D eigenvalue weighted by Gasteiger charge is 2.06. The number of fused-ring (bicyclic) bond motifs is 1. The van der Waals surface area contributed by atoms with Crippen LogP contribution in [0.25, 0.3) is 10.9 Å². The SMILES string of the molecule is ClCCc1cc2cc[nH]c2cc1OCl. The number of H-pyrrole nitrogens is 1. The molecule has 74 valence electrons. The number of hydrogen-bond donors (Lipinski definition) is 1. The molecule has 1 aromatic heterocycles. The van der Waals surface area contributed by atoms with Crippen LogP contribution in [0.5, 0.6) is 5.75 Å². The third-order valence-electron chi connectivity index (χ3n) is 2.18. The Morgan fingerprint density at radius 2 is 2.21 bits per heavy atom. The normalized spacial score (nSPS) is 10.7. The minimum Gasteiger partial charge on any atom is -0.385 e. The predicted molar refractivity (Wildman–Crippen MR) is 59.2 cm³/mol. The first-order chi connectivity index (χ1) is 6.85. The van der Waals surface area contributed by atoms with Gasteiger partial charge in [0.2, 0.25) is 0 Å². The van der Waals surface area contributed by atoms with Crippen LogP contribution < -0.4 is 4.29 Å². The van der Waals surface area contributed by atoms with E-state index in [0.717, 1.165) is 22.9 Å². The Labute approximate surface area is 91.9 Å². The zero-order valence-corrected chi connectivity index (χ0v) is 8.90. The van der Waals surface area contributed by atoms with Crippen LogP contribution in [0.4, 0.5) is 0 Å². The van der Waals surface area contributed by atoms with Crippen molar-refractivity contribution in [3.8, 4) is 5.75 Å². The first-order valence-electron chi connectivity index (χ1n) is 4.29. The maximum atomic E-state index is 5.68. The lowest BCUT2D eigenvalue weighted by atomic mass is 10.1. The summed E-state index contributed by atoms with van der Waals surface area (Å²) in [6.07, 6.45) is 2.64. The minimum atomic E-state index is 0.559. The standard InChI is InChI=1S/C10H9Cl2NO/c11-3-1-8-5-7-2-4-13-9(7)6-10(8)14-12/h2,4-6,13H,1,3H2. The van der Waals surface area contributed by atoms with Crippen LogP contribution in [0.2, 0.25) is 0 Å². The van der Waals surface area contributed by atoms with Crippen molar-refractivity contribution in [2.75, 3.05) is 5.88 Å². The lowest BCUT2D eigenvalue weighted by Crippen LogP contribution is -1.90. The molecular weight excluding hydrogens is 221 g/mol. The minimum absolute atomic E-state index is 0.559. The van der Waals surface area contributed by atoms with Crippen LogP contribution in [0, 0.1) is 0 Å².